The lowest BCUT2D eigenvalue weighted by atomic mass is 10.1. The zero-order valence-corrected chi connectivity index (χ0v) is 11.9. The summed E-state index contributed by atoms with van der Waals surface area (Å²) in [5, 5.41) is 17.2. The van der Waals surface area contributed by atoms with Gasteiger partial charge in [0.05, 0.1) is 26.4 Å². The number of ether oxygens (including phenoxy) is 2. The second-order valence-corrected chi connectivity index (χ2v) is 4.29. The van der Waals surface area contributed by atoms with Gasteiger partial charge in [0.25, 0.3) is 0 Å². The smallest absolute Gasteiger partial charge is 0.0622 e. The molecule has 2 aliphatic rings. The number of rotatable bonds is 2. The number of hydrogen-bond donors (Lipinski definition) is 4. The molecule has 0 bridgehead atoms. The van der Waals surface area contributed by atoms with Gasteiger partial charge >= 0.3 is 0 Å². The lowest BCUT2D eigenvalue weighted by Gasteiger charge is -2.06. The average molecular weight is 307 g/mol. The number of nitrogens with two attached hydrogens (primary N) is 2. The first kappa shape index (κ1) is 20.7. The predicted molar refractivity (Wildman–Crippen MR) is 73.2 cm³/mol. The molecule has 112 valence electrons. The van der Waals surface area contributed by atoms with E-state index in [-0.39, 0.29) is 61.9 Å². The van der Waals surface area contributed by atoms with Gasteiger partial charge in [0.1, 0.15) is 0 Å². The van der Waals surface area contributed by atoms with E-state index in [1.54, 1.807) is 0 Å². The summed E-state index contributed by atoms with van der Waals surface area (Å²) in [6.07, 6.45) is 0. The maximum Gasteiger partial charge on any atom is 0.0622 e. The number of aliphatic hydroxyl groups excluding tert-OH is 2. The van der Waals surface area contributed by atoms with Crippen molar-refractivity contribution in [2.75, 3.05) is 39.6 Å². The summed E-state index contributed by atoms with van der Waals surface area (Å²) < 4.78 is 9.95. The minimum Gasteiger partial charge on any atom is -0.396 e. The molecule has 0 aromatic carbocycles. The predicted octanol–water partition coefficient (Wildman–Crippen LogP) is -1.25. The lowest BCUT2D eigenvalue weighted by Crippen LogP contribution is -2.30. The van der Waals surface area contributed by atoms with Crippen LogP contribution in [0.3, 0.4) is 0 Å². The zero-order chi connectivity index (χ0) is 12.0. The molecule has 2 fully saturated rings. The second kappa shape index (κ2) is 11.2. The Morgan fingerprint density at radius 1 is 0.778 bits per heavy atom. The van der Waals surface area contributed by atoms with Crippen LogP contribution < -0.4 is 11.5 Å². The van der Waals surface area contributed by atoms with Crippen LogP contribution in [-0.4, -0.2) is 61.9 Å². The maximum absolute atomic E-state index is 8.58. The molecular weight excluding hydrogens is 283 g/mol. The molecule has 2 heterocycles. The highest BCUT2D eigenvalue weighted by Gasteiger charge is 2.23. The largest absolute Gasteiger partial charge is 0.396 e. The Hall–Kier alpha value is 0.340. The highest BCUT2D eigenvalue weighted by atomic mass is 35.5. The van der Waals surface area contributed by atoms with Gasteiger partial charge in [-0.15, -0.1) is 24.8 Å². The van der Waals surface area contributed by atoms with Crippen LogP contribution in [0.25, 0.3) is 0 Å². The van der Waals surface area contributed by atoms with Gasteiger partial charge in [0.2, 0.25) is 0 Å². The van der Waals surface area contributed by atoms with Crippen molar-refractivity contribution in [1.82, 2.24) is 0 Å². The molecule has 0 aromatic heterocycles. The van der Waals surface area contributed by atoms with Gasteiger partial charge in [0.15, 0.2) is 0 Å². The van der Waals surface area contributed by atoms with Crippen molar-refractivity contribution in [1.29, 1.82) is 0 Å². The standard InChI is InChI=1S/2C5H11NO2.2ClH/c2*6-5-3-8-2-4(5)1-7;;/h2*4-5,7H,1-3,6H2;2*1H/t2*4-,5+;;/m10../s1. The van der Waals surface area contributed by atoms with Crippen molar-refractivity contribution in [2.24, 2.45) is 23.3 Å². The highest BCUT2D eigenvalue weighted by Crippen LogP contribution is 2.09. The summed E-state index contributed by atoms with van der Waals surface area (Å²) >= 11 is 0. The Bertz CT molecular complexity index is 183. The molecule has 0 radical (unpaired) electrons. The highest BCUT2D eigenvalue weighted by molar-refractivity contribution is 5.85. The summed E-state index contributed by atoms with van der Waals surface area (Å²) in [4.78, 5) is 0. The molecule has 2 rings (SSSR count). The van der Waals surface area contributed by atoms with Crippen molar-refractivity contribution in [3.63, 3.8) is 0 Å². The minimum atomic E-state index is 0. The quantitative estimate of drug-likeness (QED) is 0.507. The third-order valence-corrected chi connectivity index (χ3v) is 2.96. The van der Waals surface area contributed by atoms with E-state index in [0.717, 1.165) is 0 Å². The van der Waals surface area contributed by atoms with Crippen LogP contribution in [-0.2, 0) is 9.47 Å². The van der Waals surface area contributed by atoms with Crippen molar-refractivity contribution in [2.45, 2.75) is 12.1 Å². The summed E-state index contributed by atoms with van der Waals surface area (Å²) in [6, 6.07) is 0.111. The maximum atomic E-state index is 8.58. The van der Waals surface area contributed by atoms with Crippen molar-refractivity contribution in [3.05, 3.63) is 0 Å². The molecule has 6 N–H and O–H groups in total. The van der Waals surface area contributed by atoms with Crippen LogP contribution in [0, 0.1) is 11.8 Å². The fourth-order valence-corrected chi connectivity index (χ4v) is 1.61. The second-order valence-electron chi connectivity index (χ2n) is 4.29. The van der Waals surface area contributed by atoms with Gasteiger partial charge in [0, 0.05) is 37.1 Å². The van der Waals surface area contributed by atoms with Gasteiger partial charge < -0.3 is 31.2 Å². The minimum absolute atomic E-state index is 0. The van der Waals surface area contributed by atoms with Gasteiger partial charge in [-0.05, 0) is 0 Å². The third kappa shape index (κ3) is 6.49. The van der Waals surface area contributed by atoms with Crippen molar-refractivity contribution >= 4 is 24.8 Å². The van der Waals surface area contributed by atoms with Crippen LogP contribution in [0.2, 0.25) is 0 Å². The molecule has 18 heavy (non-hydrogen) atoms. The first-order valence-corrected chi connectivity index (χ1v) is 5.57. The Kier molecular flexibility index (Phi) is 12.8. The molecular formula is C10H24Cl2N2O4. The molecule has 8 heteroatoms. The summed E-state index contributed by atoms with van der Waals surface area (Å²) in [6.45, 7) is 2.76. The number of halogens is 2. The van der Waals surface area contributed by atoms with Crippen molar-refractivity contribution in [3.8, 4) is 0 Å². The number of hydrogen-bond acceptors (Lipinski definition) is 6. The molecule has 0 spiro atoms. The van der Waals surface area contributed by atoms with Gasteiger partial charge in [-0.2, -0.15) is 0 Å². The van der Waals surface area contributed by atoms with Crippen LogP contribution in [0.1, 0.15) is 0 Å². The molecule has 0 aliphatic carbocycles. The van der Waals surface area contributed by atoms with Crippen LogP contribution in [0.5, 0.6) is 0 Å². The Morgan fingerprint density at radius 3 is 1.22 bits per heavy atom. The third-order valence-electron chi connectivity index (χ3n) is 2.96. The normalized spacial score (nSPS) is 34.0. The topological polar surface area (TPSA) is 111 Å². The summed E-state index contributed by atoms with van der Waals surface area (Å²) in [5.41, 5.74) is 11.0. The summed E-state index contributed by atoms with van der Waals surface area (Å²) in [5.74, 6) is 0.352. The van der Waals surface area contributed by atoms with Crippen LogP contribution in [0.15, 0.2) is 0 Å². The van der Waals surface area contributed by atoms with E-state index in [1.165, 1.54) is 0 Å². The fraction of sp³-hybridized carbons (Fsp3) is 1.00. The molecule has 4 atom stereocenters. The van der Waals surface area contributed by atoms with E-state index in [2.05, 4.69) is 0 Å². The van der Waals surface area contributed by atoms with Crippen LogP contribution in [0.4, 0.5) is 0 Å². The van der Waals surface area contributed by atoms with Gasteiger partial charge in [-0.3, -0.25) is 0 Å². The van der Waals surface area contributed by atoms with E-state index in [9.17, 15) is 0 Å². The van der Waals surface area contributed by atoms with E-state index >= 15 is 0 Å². The lowest BCUT2D eigenvalue weighted by molar-refractivity contribution is 0.160. The molecule has 0 amide bonds. The molecule has 2 aliphatic heterocycles. The fourth-order valence-electron chi connectivity index (χ4n) is 1.61. The Labute approximate surface area is 120 Å². The van der Waals surface area contributed by atoms with Crippen LogP contribution >= 0.6 is 24.8 Å². The zero-order valence-electron chi connectivity index (χ0n) is 10.2. The average Bonchev–Trinajstić information content (AvgIpc) is 2.87. The Balaban J connectivity index is 0. The molecule has 0 saturated carbocycles. The van der Waals surface area contributed by atoms with Gasteiger partial charge in [-0.1, -0.05) is 0 Å². The van der Waals surface area contributed by atoms with E-state index in [0.29, 0.717) is 26.4 Å². The molecule has 2 saturated heterocycles. The van der Waals surface area contributed by atoms with E-state index in [1.807, 2.05) is 0 Å². The monoisotopic (exact) mass is 306 g/mol. The van der Waals surface area contributed by atoms with Gasteiger partial charge in [-0.25, -0.2) is 0 Å². The SMILES string of the molecule is Cl.Cl.N[C@@H]1COC[C@@H]1CO.N[C@H]1COC[C@H]1CO. The number of aliphatic hydroxyl groups is 2. The molecule has 6 nitrogen and oxygen atoms in total. The first-order valence-electron chi connectivity index (χ1n) is 5.57. The van der Waals surface area contributed by atoms with E-state index in [4.69, 9.17) is 31.2 Å². The van der Waals surface area contributed by atoms with Crippen molar-refractivity contribution < 1.29 is 19.7 Å². The first-order chi connectivity index (χ1) is 7.69. The van der Waals surface area contributed by atoms with E-state index < -0.39 is 0 Å². The Morgan fingerprint density at radius 2 is 1.11 bits per heavy atom. The molecule has 0 aromatic rings. The molecule has 0 unspecified atom stereocenters. The summed E-state index contributed by atoms with van der Waals surface area (Å²) in [7, 11) is 0.